The molecule has 3 atom stereocenters. The topological polar surface area (TPSA) is 74.3 Å². The minimum atomic E-state index is -0.769. The first kappa shape index (κ1) is 14.8. The van der Waals surface area contributed by atoms with E-state index in [1.807, 2.05) is 30.3 Å². The van der Waals surface area contributed by atoms with Crippen LogP contribution in [0.2, 0.25) is 0 Å². The van der Waals surface area contributed by atoms with Gasteiger partial charge in [0.2, 0.25) is 0 Å². The summed E-state index contributed by atoms with van der Waals surface area (Å²) >= 11 is 0. The number of amides is 1. The molecule has 2 fully saturated rings. The number of carbonyl (C=O) groups excluding carboxylic acids is 2. The van der Waals surface area contributed by atoms with E-state index in [4.69, 9.17) is 18.9 Å². The highest BCUT2D eigenvalue weighted by Crippen LogP contribution is 2.26. The number of hydrogen-bond donors (Lipinski definition) is 0. The predicted octanol–water partition coefficient (Wildman–Crippen LogP) is 0.922. The summed E-state index contributed by atoms with van der Waals surface area (Å²) in [5, 5.41) is 0. The van der Waals surface area contributed by atoms with Crippen molar-refractivity contribution in [2.45, 2.75) is 25.0 Å². The van der Waals surface area contributed by atoms with Gasteiger partial charge in [0.1, 0.15) is 19.3 Å². The van der Waals surface area contributed by atoms with Gasteiger partial charge in [-0.2, -0.15) is 0 Å². The van der Waals surface area contributed by atoms with Crippen molar-refractivity contribution in [2.75, 3.05) is 20.3 Å². The lowest BCUT2D eigenvalue weighted by Gasteiger charge is -2.37. The molecule has 3 rings (SSSR count). The molecule has 22 heavy (non-hydrogen) atoms. The first-order valence-electron chi connectivity index (χ1n) is 7.01. The molecule has 1 amide bonds. The van der Waals surface area contributed by atoms with E-state index >= 15 is 0 Å². The van der Waals surface area contributed by atoms with E-state index in [0.29, 0.717) is 0 Å². The molecule has 2 heterocycles. The van der Waals surface area contributed by atoms with Crippen LogP contribution in [0.25, 0.3) is 0 Å². The first-order chi connectivity index (χ1) is 10.7. The van der Waals surface area contributed by atoms with E-state index in [1.165, 1.54) is 12.0 Å². The zero-order valence-electron chi connectivity index (χ0n) is 12.1. The van der Waals surface area contributed by atoms with Gasteiger partial charge in [0, 0.05) is 7.11 Å². The molecule has 0 unspecified atom stereocenters. The van der Waals surface area contributed by atoms with Crippen molar-refractivity contribution in [1.82, 2.24) is 4.90 Å². The molecule has 1 aromatic carbocycles. The molecular weight excluding hydrogens is 290 g/mol. The highest BCUT2D eigenvalue weighted by Gasteiger charge is 2.49. The second-order valence-electron chi connectivity index (χ2n) is 5.11. The van der Waals surface area contributed by atoms with Crippen LogP contribution in [0.4, 0.5) is 4.79 Å². The summed E-state index contributed by atoms with van der Waals surface area (Å²) in [5.74, 6) is -0.476. The highest BCUT2D eigenvalue weighted by molar-refractivity contribution is 5.84. The van der Waals surface area contributed by atoms with Crippen LogP contribution in [0.5, 0.6) is 0 Å². The number of hydrogen-bond acceptors (Lipinski definition) is 6. The molecule has 0 aromatic heterocycles. The maximum atomic E-state index is 12.3. The molecule has 7 heteroatoms. The number of carbonyl (C=O) groups is 2. The van der Waals surface area contributed by atoms with Crippen molar-refractivity contribution >= 4 is 12.1 Å². The third-order valence-electron chi connectivity index (χ3n) is 3.69. The van der Waals surface area contributed by atoms with E-state index in [0.717, 1.165) is 5.56 Å². The van der Waals surface area contributed by atoms with Crippen LogP contribution in [0.15, 0.2) is 30.3 Å². The van der Waals surface area contributed by atoms with Crippen LogP contribution in [-0.2, 0) is 30.3 Å². The zero-order valence-corrected chi connectivity index (χ0v) is 12.1. The quantitative estimate of drug-likeness (QED) is 0.773. The van der Waals surface area contributed by atoms with Gasteiger partial charge in [-0.1, -0.05) is 30.3 Å². The molecule has 0 saturated carbocycles. The Kier molecular flexibility index (Phi) is 4.26. The number of fused-ring (bicyclic) bond motifs is 1. The van der Waals surface area contributed by atoms with Crippen LogP contribution >= 0.6 is 0 Å². The number of cyclic esters (lactones) is 1. The largest absolute Gasteiger partial charge is 0.461 e. The Labute approximate surface area is 127 Å². The molecule has 0 bridgehead atoms. The van der Waals surface area contributed by atoms with Gasteiger partial charge in [0.05, 0.1) is 6.54 Å². The number of morpholine rings is 1. The number of nitrogens with zero attached hydrogens (tertiary/aromatic N) is 1. The summed E-state index contributed by atoms with van der Waals surface area (Å²) in [6, 6.07) is 8.56. The molecule has 0 spiro atoms. The van der Waals surface area contributed by atoms with Gasteiger partial charge < -0.3 is 18.9 Å². The van der Waals surface area contributed by atoms with Crippen molar-refractivity contribution in [3.8, 4) is 0 Å². The van der Waals surface area contributed by atoms with Crippen molar-refractivity contribution < 1.29 is 28.5 Å². The van der Waals surface area contributed by atoms with Crippen LogP contribution in [0.3, 0.4) is 0 Å². The number of ether oxygens (including phenoxy) is 4. The van der Waals surface area contributed by atoms with Crippen molar-refractivity contribution in [2.24, 2.45) is 0 Å². The monoisotopic (exact) mass is 307 g/mol. The van der Waals surface area contributed by atoms with Gasteiger partial charge in [-0.15, -0.1) is 0 Å². The Bertz CT molecular complexity index is 548. The number of esters is 1. The van der Waals surface area contributed by atoms with Crippen molar-refractivity contribution in [3.05, 3.63) is 35.9 Å². The lowest BCUT2D eigenvalue weighted by Crippen LogP contribution is -2.58. The Balaban J connectivity index is 1.67. The Morgan fingerprint density at radius 3 is 2.86 bits per heavy atom. The molecule has 0 aliphatic carbocycles. The molecule has 2 saturated heterocycles. The van der Waals surface area contributed by atoms with E-state index in [9.17, 15) is 9.59 Å². The van der Waals surface area contributed by atoms with E-state index in [2.05, 4.69) is 0 Å². The van der Waals surface area contributed by atoms with E-state index in [-0.39, 0.29) is 19.8 Å². The Hall–Kier alpha value is -2.12. The molecule has 7 nitrogen and oxygen atoms in total. The highest BCUT2D eigenvalue weighted by atomic mass is 16.7. The van der Waals surface area contributed by atoms with Crippen molar-refractivity contribution in [3.63, 3.8) is 0 Å². The molecule has 0 N–H and O–H groups in total. The summed E-state index contributed by atoms with van der Waals surface area (Å²) in [6.07, 6.45) is -1.70. The Morgan fingerprint density at radius 1 is 1.36 bits per heavy atom. The third-order valence-corrected chi connectivity index (χ3v) is 3.69. The minimum Gasteiger partial charge on any atom is -0.461 e. The van der Waals surface area contributed by atoms with E-state index in [1.54, 1.807) is 0 Å². The average Bonchev–Trinajstić information content (AvgIpc) is 2.94. The second-order valence-corrected chi connectivity index (χ2v) is 5.11. The van der Waals surface area contributed by atoms with Gasteiger partial charge in [0.15, 0.2) is 12.3 Å². The Morgan fingerprint density at radius 2 is 2.14 bits per heavy atom. The van der Waals surface area contributed by atoms with Crippen LogP contribution in [-0.4, -0.2) is 55.7 Å². The lowest BCUT2D eigenvalue weighted by atomic mass is 10.1. The molecule has 2 aliphatic rings. The first-order valence-corrected chi connectivity index (χ1v) is 7.01. The van der Waals surface area contributed by atoms with Gasteiger partial charge in [-0.3, -0.25) is 4.90 Å². The number of rotatable bonds is 3. The maximum absolute atomic E-state index is 12.3. The van der Waals surface area contributed by atoms with Crippen molar-refractivity contribution in [1.29, 1.82) is 0 Å². The molecule has 2 aliphatic heterocycles. The molecular formula is C15H17NO6. The fraction of sp³-hybridized carbons (Fsp3) is 0.467. The smallest absolute Gasteiger partial charge is 0.411 e. The summed E-state index contributed by atoms with van der Waals surface area (Å²) < 4.78 is 20.9. The molecule has 1 aromatic rings. The normalized spacial score (nSPS) is 27.2. The summed E-state index contributed by atoms with van der Waals surface area (Å²) in [6.45, 7) is 0.382. The number of benzene rings is 1. The van der Waals surface area contributed by atoms with E-state index < -0.39 is 30.5 Å². The van der Waals surface area contributed by atoms with Gasteiger partial charge >= 0.3 is 12.1 Å². The average molecular weight is 307 g/mol. The molecule has 0 radical (unpaired) electrons. The molecule has 118 valence electrons. The van der Waals surface area contributed by atoms with Crippen LogP contribution in [0, 0.1) is 0 Å². The number of methoxy groups -OCH3 is 1. The van der Waals surface area contributed by atoms with Crippen LogP contribution < -0.4 is 0 Å². The summed E-state index contributed by atoms with van der Waals surface area (Å²) in [7, 11) is 1.48. The summed E-state index contributed by atoms with van der Waals surface area (Å²) in [5.41, 5.74) is 0.873. The lowest BCUT2D eigenvalue weighted by molar-refractivity contribution is -0.201. The SMILES string of the molecule is CO[C@@H]1CN(C(=O)OCc2ccccc2)[C@H]2C(=O)OC[C@H]2O1. The fourth-order valence-electron chi connectivity index (χ4n) is 2.57. The maximum Gasteiger partial charge on any atom is 0.411 e. The second kappa shape index (κ2) is 6.33. The van der Waals surface area contributed by atoms with Gasteiger partial charge in [0.25, 0.3) is 0 Å². The standard InChI is InChI=1S/C15H17NO6/c1-19-12-7-16(13-11(22-12)9-20-14(13)17)15(18)21-8-10-5-3-2-4-6-10/h2-6,11-13H,7-9H2,1H3/t11-,12+,13-/m1/s1. The fourth-order valence-corrected chi connectivity index (χ4v) is 2.57. The third kappa shape index (κ3) is 2.90. The van der Waals surface area contributed by atoms with Gasteiger partial charge in [-0.05, 0) is 5.56 Å². The van der Waals surface area contributed by atoms with Crippen LogP contribution in [0.1, 0.15) is 5.56 Å². The predicted molar refractivity (Wildman–Crippen MR) is 73.8 cm³/mol. The summed E-state index contributed by atoms with van der Waals surface area (Å²) in [4.78, 5) is 25.4. The zero-order chi connectivity index (χ0) is 15.5. The minimum absolute atomic E-state index is 0.117. The van der Waals surface area contributed by atoms with Gasteiger partial charge in [-0.25, -0.2) is 9.59 Å².